The molecule has 3 unspecified atom stereocenters. The summed E-state index contributed by atoms with van der Waals surface area (Å²) in [7, 11) is 0. The Labute approximate surface area is 81.3 Å². The molecule has 0 saturated carbocycles. The van der Waals surface area contributed by atoms with Gasteiger partial charge in [-0.1, -0.05) is 0 Å². The van der Waals surface area contributed by atoms with Crippen LogP contribution in [0, 0.1) is 5.92 Å². The highest BCUT2D eigenvalue weighted by molar-refractivity contribution is 5.73. The third-order valence-electron chi connectivity index (χ3n) is 2.22. The van der Waals surface area contributed by atoms with Crippen molar-refractivity contribution in [3.63, 3.8) is 0 Å². The number of carboxylic acid groups (broad SMARTS) is 1. The standard InChI is InChI=1S/C8H14N2O4/c1-4(11)10-7-2-6(12)5(3-9-7)8(13)14/h5-7,9,12H,2-3H2,1H3,(H,10,11)(H,13,14). The van der Waals surface area contributed by atoms with Crippen LogP contribution < -0.4 is 10.6 Å². The van der Waals surface area contributed by atoms with Crippen LogP contribution in [0.15, 0.2) is 0 Å². The van der Waals surface area contributed by atoms with Gasteiger partial charge < -0.3 is 15.5 Å². The second kappa shape index (κ2) is 4.39. The highest BCUT2D eigenvalue weighted by Crippen LogP contribution is 2.14. The number of rotatable bonds is 2. The largest absolute Gasteiger partial charge is 0.481 e. The van der Waals surface area contributed by atoms with Crippen LogP contribution in [-0.2, 0) is 9.59 Å². The third-order valence-corrected chi connectivity index (χ3v) is 2.22. The van der Waals surface area contributed by atoms with Gasteiger partial charge in [-0.05, 0) is 0 Å². The summed E-state index contributed by atoms with van der Waals surface area (Å²) in [6.07, 6.45) is -1.03. The number of piperidine rings is 1. The number of nitrogens with one attached hydrogen (secondary N) is 2. The molecule has 1 rings (SSSR count). The summed E-state index contributed by atoms with van der Waals surface area (Å²) in [5.41, 5.74) is 0. The topological polar surface area (TPSA) is 98.7 Å². The molecule has 3 atom stereocenters. The Balaban J connectivity index is 2.46. The summed E-state index contributed by atoms with van der Waals surface area (Å²) in [5.74, 6) is -2.02. The zero-order valence-electron chi connectivity index (χ0n) is 7.86. The molecule has 1 aliphatic heterocycles. The smallest absolute Gasteiger partial charge is 0.310 e. The molecule has 0 aliphatic carbocycles. The van der Waals surface area contributed by atoms with E-state index in [-0.39, 0.29) is 25.0 Å². The zero-order valence-corrected chi connectivity index (χ0v) is 7.86. The maximum Gasteiger partial charge on any atom is 0.310 e. The van der Waals surface area contributed by atoms with Gasteiger partial charge >= 0.3 is 5.97 Å². The summed E-state index contributed by atoms with van der Waals surface area (Å²) in [5, 5.41) is 23.5. The molecule has 1 fully saturated rings. The second-order valence-corrected chi connectivity index (χ2v) is 3.41. The highest BCUT2D eigenvalue weighted by atomic mass is 16.4. The SMILES string of the molecule is CC(=O)NC1CC(O)C(C(=O)O)CN1. The van der Waals surface area contributed by atoms with E-state index in [0.29, 0.717) is 0 Å². The minimum atomic E-state index is -1.02. The van der Waals surface area contributed by atoms with E-state index in [1.807, 2.05) is 0 Å². The molecule has 0 radical (unpaired) electrons. The van der Waals surface area contributed by atoms with Gasteiger partial charge in [0.25, 0.3) is 0 Å². The van der Waals surface area contributed by atoms with Gasteiger partial charge in [-0.2, -0.15) is 0 Å². The molecule has 0 aromatic rings. The normalized spacial score (nSPS) is 32.3. The van der Waals surface area contributed by atoms with Crippen molar-refractivity contribution in [1.82, 2.24) is 10.6 Å². The van der Waals surface area contributed by atoms with Crippen molar-refractivity contribution in [2.45, 2.75) is 25.6 Å². The lowest BCUT2D eigenvalue weighted by atomic mass is 9.94. The van der Waals surface area contributed by atoms with Crippen LogP contribution in [0.1, 0.15) is 13.3 Å². The van der Waals surface area contributed by atoms with Gasteiger partial charge in [0.05, 0.1) is 18.2 Å². The molecule has 6 nitrogen and oxygen atoms in total. The van der Waals surface area contributed by atoms with Crippen molar-refractivity contribution in [2.24, 2.45) is 5.92 Å². The Morgan fingerprint density at radius 2 is 2.14 bits per heavy atom. The summed E-state index contributed by atoms with van der Waals surface area (Å²) >= 11 is 0. The molecule has 4 N–H and O–H groups in total. The van der Waals surface area contributed by atoms with Crippen LogP contribution in [0.25, 0.3) is 0 Å². The van der Waals surface area contributed by atoms with E-state index in [4.69, 9.17) is 5.11 Å². The molecule has 0 bridgehead atoms. The van der Waals surface area contributed by atoms with Crippen molar-refractivity contribution in [3.05, 3.63) is 0 Å². The van der Waals surface area contributed by atoms with Gasteiger partial charge in [0.2, 0.25) is 5.91 Å². The Kier molecular flexibility index (Phi) is 3.43. The molecule has 6 heteroatoms. The Morgan fingerprint density at radius 3 is 2.57 bits per heavy atom. The Morgan fingerprint density at radius 1 is 1.50 bits per heavy atom. The third kappa shape index (κ3) is 2.68. The molecular formula is C8H14N2O4. The van der Waals surface area contributed by atoms with E-state index in [9.17, 15) is 14.7 Å². The molecule has 1 amide bonds. The first-order valence-corrected chi connectivity index (χ1v) is 4.42. The van der Waals surface area contributed by atoms with Gasteiger partial charge in [-0.3, -0.25) is 14.9 Å². The molecule has 0 spiro atoms. The molecule has 1 aliphatic rings. The number of carbonyl (C=O) groups excluding carboxylic acids is 1. The molecular weight excluding hydrogens is 188 g/mol. The van der Waals surface area contributed by atoms with Crippen LogP contribution in [-0.4, -0.2) is 40.9 Å². The predicted molar refractivity (Wildman–Crippen MR) is 47.4 cm³/mol. The molecule has 14 heavy (non-hydrogen) atoms. The first-order chi connectivity index (χ1) is 6.50. The van der Waals surface area contributed by atoms with Gasteiger partial charge in [0, 0.05) is 19.9 Å². The lowest BCUT2D eigenvalue weighted by molar-refractivity contribution is -0.147. The molecule has 1 heterocycles. The predicted octanol–water partition coefficient (Wildman–Crippen LogP) is -1.50. The van der Waals surface area contributed by atoms with E-state index in [2.05, 4.69) is 10.6 Å². The number of carboxylic acids is 1. The van der Waals surface area contributed by atoms with Crippen LogP contribution in [0.3, 0.4) is 0 Å². The van der Waals surface area contributed by atoms with Crippen molar-refractivity contribution < 1.29 is 19.8 Å². The fraction of sp³-hybridized carbons (Fsp3) is 0.750. The molecule has 0 aromatic carbocycles. The number of aliphatic hydroxyl groups is 1. The van der Waals surface area contributed by atoms with Gasteiger partial charge in [-0.25, -0.2) is 0 Å². The number of aliphatic hydroxyl groups excluding tert-OH is 1. The van der Waals surface area contributed by atoms with E-state index >= 15 is 0 Å². The number of aliphatic carboxylic acids is 1. The van der Waals surface area contributed by atoms with Crippen molar-refractivity contribution >= 4 is 11.9 Å². The van der Waals surface area contributed by atoms with Crippen LogP contribution >= 0.6 is 0 Å². The van der Waals surface area contributed by atoms with E-state index in [1.165, 1.54) is 6.92 Å². The molecule has 0 aromatic heterocycles. The van der Waals surface area contributed by atoms with Gasteiger partial charge in [0.15, 0.2) is 0 Å². The summed E-state index contributed by atoms with van der Waals surface area (Å²) in [6, 6.07) is 0. The summed E-state index contributed by atoms with van der Waals surface area (Å²) in [4.78, 5) is 21.3. The number of carbonyl (C=O) groups is 2. The lowest BCUT2D eigenvalue weighted by Gasteiger charge is -2.32. The van der Waals surface area contributed by atoms with Gasteiger partial charge in [0.1, 0.15) is 0 Å². The fourth-order valence-electron chi connectivity index (χ4n) is 1.50. The maximum absolute atomic E-state index is 10.7. The van der Waals surface area contributed by atoms with E-state index in [1.54, 1.807) is 0 Å². The fourth-order valence-corrected chi connectivity index (χ4v) is 1.50. The zero-order chi connectivity index (χ0) is 10.7. The average Bonchev–Trinajstić information content (AvgIpc) is 2.01. The first kappa shape index (κ1) is 10.9. The van der Waals surface area contributed by atoms with Crippen molar-refractivity contribution in [1.29, 1.82) is 0 Å². The minimum absolute atomic E-state index is 0.168. The molecule has 1 saturated heterocycles. The first-order valence-electron chi connectivity index (χ1n) is 4.42. The summed E-state index contributed by atoms with van der Waals surface area (Å²) in [6.45, 7) is 1.54. The van der Waals surface area contributed by atoms with Crippen molar-refractivity contribution in [3.8, 4) is 0 Å². The number of amides is 1. The van der Waals surface area contributed by atoms with Crippen LogP contribution in [0.4, 0.5) is 0 Å². The number of hydrogen-bond acceptors (Lipinski definition) is 4. The second-order valence-electron chi connectivity index (χ2n) is 3.41. The Hall–Kier alpha value is -1.14. The van der Waals surface area contributed by atoms with Gasteiger partial charge in [-0.15, -0.1) is 0 Å². The van der Waals surface area contributed by atoms with Crippen LogP contribution in [0.2, 0.25) is 0 Å². The minimum Gasteiger partial charge on any atom is -0.481 e. The van der Waals surface area contributed by atoms with E-state index in [0.717, 1.165) is 0 Å². The molecule has 80 valence electrons. The Bertz CT molecular complexity index is 243. The average molecular weight is 202 g/mol. The van der Waals surface area contributed by atoms with E-state index < -0.39 is 18.0 Å². The quantitative estimate of drug-likeness (QED) is 0.437. The summed E-state index contributed by atoms with van der Waals surface area (Å²) < 4.78 is 0. The monoisotopic (exact) mass is 202 g/mol. The van der Waals surface area contributed by atoms with Crippen LogP contribution in [0.5, 0.6) is 0 Å². The maximum atomic E-state index is 10.7. The number of hydrogen-bond donors (Lipinski definition) is 4. The highest BCUT2D eigenvalue weighted by Gasteiger charge is 2.33. The lowest BCUT2D eigenvalue weighted by Crippen LogP contribution is -2.55. The van der Waals surface area contributed by atoms with Crippen molar-refractivity contribution in [2.75, 3.05) is 6.54 Å².